The summed E-state index contributed by atoms with van der Waals surface area (Å²) in [5, 5.41) is 0. The first-order valence-electron chi connectivity index (χ1n) is 5.05. The minimum Gasteiger partial charge on any atom is -0.469 e. The van der Waals surface area contributed by atoms with Gasteiger partial charge in [-0.3, -0.25) is 0 Å². The molecule has 0 saturated heterocycles. The highest BCUT2D eigenvalue weighted by molar-refractivity contribution is 5.14. The van der Waals surface area contributed by atoms with E-state index in [0.29, 0.717) is 5.92 Å². The number of hydrogen-bond donors (Lipinski definition) is 1. The zero-order valence-corrected chi connectivity index (χ0v) is 9.29. The highest BCUT2D eigenvalue weighted by atomic mass is 16.3. The van der Waals surface area contributed by atoms with Crippen molar-refractivity contribution in [3.8, 4) is 0 Å². The summed E-state index contributed by atoms with van der Waals surface area (Å²) in [5.41, 5.74) is 6.84. The molecule has 1 unspecified atom stereocenters. The van der Waals surface area contributed by atoms with Gasteiger partial charge in [0, 0.05) is 18.7 Å². The van der Waals surface area contributed by atoms with Gasteiger partial charge < -0.3 is 15.1 Å². The molecule has 14 heavy (non-hydrogen) atoms. The zero-order valence-electron chi connectivity index (χ0n) is 9.29. The summed E-state index contributed by atoms with van der Waals surface area (Å²) >= 11 is 0. The average Bonchev–Trinajstić information content (AvgIpc) is 2.51. The van der Waals surface area contributed by atoms with Crippen molar-refractivity contribution in [1.29, 1.82) is 0 Å². The Kier molecular flexibility index (Phi) is 4.17. The molecule has 0 fully saturated rings. The molecule has 1 rings (SSSR count). The lowest BCUT2D eigenvalue weighted by atomic mass is 10.1. The summed E-state index contributed by atoms with van der Waals surface area (Å²) < 4.78 is 5.25. The Morgan fingerprint density at radius 1 is 1.57 bits per heavy atom. The Hall–Kier alpha value is -0.800. The number of nitrogens with zero attached hydrogens (tertiary/aromatic N) is 1. The molecular weight excluding hydrogens is 176 g/mol. The van der Waals surface area contributed by atoms with Crippen LogP contribution in [0.1, 0.15) is 18.2 Å². The molecule has 0 aliphatic heterocycles. The van der Waals surface area contributed by atoms with Crippen LogP contribution in [0.5, 0.6) is 0 Å². The van der Waals surface area contributed by atoms with E-state index in [1.54, 1.807) is 6.26 Å². The van der Waals surface area contributed by atoms with Crippen molar-refractivity contribution in [2.45, 2.75) is 20.4 Å². The molecule has 0 radical (unpaired) electrons. The van der Waals surface area contributed by atoms with Crippen molar-refractivity contribution in [2.24, 2.45) is 11.7 Å². The van der Waals surface area contributed by atoms with Gasteiger partial charge in [-0.25, -0.2) is 0 Å². The smallest absolute Gasteiger partial charge is 0.105 e. The van der Waals surface area contributed by atoms with E-state index in [2.05, 4.69) is 18.9 Å². The molecule has 1 aromatic rings. The van der Waals surface area contributed by atoms with E-state index in [1.807, 2.05) is 13.0 Å². The fourth-order valence-electron chi connectivity index (χ4n) is 1.54. The van der Waals surface area contributed by atoms with Crippen LogP contribution in [0.3, 0.4) is 0 Å². The monoisotopic (exact) mass is 196 g/mol. The minimum absolute atomic E-state index is 0.548. The number of hydrogen-bond acceptors (Lipinski definition) is 3. The molecule has 3 nitrogen and oxygen atoms in total. The normalized spacial score (nSPS) is 13.5. The van der Waals surface area contributed by atoms with Crippen LogP contribution < -0.4 is 5.73 Å². The first kappa shape index (κ1) is 11.3. The third-order valence-corrected chi connectivity index (χ3v) is 2.43. The molecule has 0 spiro atoms. The first-order valence-corrected chi connectivity index (χ1v) is 5.05. The number of furan rings is 1. The number of nitrogens with two attached hydrogens (primary N) is 1. The Morgan fingerprint density at radius 2 is 2.29 bits per heavy atom. The summed E-state index contributed by atoms with van der Waals surface area (Å²) in [4.78, 5) is 2.27. The summed E-state index contributed by atoms with van der Waals surface area (Å²) in [6, 6.07) is 2.03. The molecule has 3 heteroatoms. The van der Waals surface area contributed by atoms with E-state index in [9.17, 15) is 0 Å². The number of rotatable bonds is 5. The lowest BCUT2D eigenvalue weighted by molar-refractivity contribution is 0.280. The average molecular weight is 196 g/mol. The van der Waals surface area contributed by atoms with E-state index in [4.69, 9.17) is 10.2 Å². The van der Waals surface area contributed by atoms with Crippen LogP contribution in [0, 0.1) is 12.8 Å². The largest absolute Gasteiger partial charge is 0.469 e. The van der Waals surface area contributed by atoms with Gasteiger partial charge in [0.2, 0.25) is 0 Å². The van der Waals surface area contributed by atoms with Crippen molar-refractivity contribution in [3.05, 3.63) is 23.7 Å². The van der Waals surface area contributed by atoms with Crippen LogP contribution in [0.2, 0.25) is 0 Å². The Morgan fingerprint density at radius 3 is 2.79 bits per heavy atom. The van der Waals surface area contributed by atoms with E-state index in [0.717, 1.165) is 25.4 Å². The van der Waals surface area contributed by atoms with Crippen molar-refractivity contribution in [1.82, 2.24) is 4.90 Å². The van der Waals surface area contributed by atoms with Gasteiger partial charge in [0.05, 0.1) is 6.26 Å². The van der Waals surface area contributed by atoms with Crippen molar-refractivity contribution < 1.29 is 4.42 Å². The maximum atomic E-state index is 5.58. The minimum atomic E-state index is 0.548. The Bertz CT molecular complexity index is 270. The highest BCUT2D eigenvalue weighted by Gasteiger charge is 2.07. The molecule has 0 bridgehead atoms. The van der Waals surface area contributed by atoms with Gasteiger partial charge in [0.15, 0.2) is 0 Å². The van der Waals surface area contributed by atoms with E-state index >= 15 is 0 Å². The third-order valence-electron chi connectivity index (χ3n) is 2.43. The van der Waals surface area contributed by atoms with Gasteiger partial charge >= 0.3 is 0 Å². The van der Waals surface area contributed by atoms with Crippen LogP contribution in [0.4, 0.5) is 0 Å². The van der Waals surface area contributed by atoms with Gasteiger partial charge in [-0.2, -0.15) is 0 Å². The summed E-state index contributed by atoms with van der Waals surface area (Å²) in [6.45, 7) is 6.87. The molecule has 0 aromatic carbocycles. The molecular formula is C11H20N2O. The lowest BCUT2D eigenvalue weighted by Gasteiger charge is -2.19. The summed E-state index contributed by atoms with van der Waals surface area (Å²) in [5.74, 6) is 1.56. The highest BCUT2D eigenvalue weighted by Crippen LogP contribution is 2.11. The van der Waals surface area contributed by atoms with Gasteiger partial charge in [-0.15, -0.1) is 0 Å². The van der Waals surface area contributed by atoms with E-state index in [1.165, 1.54) is 5.56 Å². The molecule has 2 N–H and O–H groups in total. The molecule has 0 aliphatic carbocycles. The Balaban J connectivity index is 2.41. The van der Waals surface area contributed by atoms with E-state index < -0.39 is 0 Å². The molecule has 0 saturated carbocycles. The quantitative estimate of drug-likeness (QED) is 0.778. The topological polar surface area (TPSA) is 42.4 Å². The predicted molar refractivity (Wildman–Crippen MR) is 58.0 cm³/mol. The lowest BCUT2D eigenvalue weighted by Crippen LogP contribution is -2.28. The van der Waals surface area contributed by atoms with Crippen LogP contribution in [-0.4, -0.2) is 25.0 Å². The maximum Gasteiger partial charge on any atom is 0.105 e. The first-order chi connectivity index (χ1) is 6.63. The summed E-state index contributed by atoms with van der Waals surface area (Å²) in [6.07, 6.45) is 1.74. The maximum absolute atomic E-state index is 5.58. The van der Waals surface area contributed by atoms with Crippen LogP contribution in [0.15, 0.2) is 16.7 Å². The van der Waals surface area contributed by atoms with Gasteiger partial charge in [-0.1, -0.05) is 6.92 Å². The second-order valence-corrected chi connectivity index (χ2v) is 4.04. The van der Waals surface area contributed by atoms with Crippen LogP contribution in [-0.2, 0) is 6.54 Å². The van der Waals surface area contributed by atoms with Crippen molar-refractivity contribution in [3.63, 3.8) is 0 Å². The van der Waals surface area contributed by atoms with Crippen LogP contribution >= 0.6 is 0 Å². The second kappa shape index (κ2) is 5.17. The van der Waals surface area contributed by atoms with E-state index in [-0.39, 0.29) is 0 Å². The Labute approximate surface area is 85.9 Å². The van der Waals surface area contributed by atoms with Gasteiger partial charge in [0.25, 0.3) is 0 Å². The second-order valence-electron chi connectivity index (χ2n) is 4.04. The van der Waals surface area contributed by atoms with Gasteiger partial charge in [-0.05, 0) is 32.5 Å². The fourth-order valence-corrected chi connectivity index (χ4v) is 1.54. The van der Waals surface area contributed by atoms with Crippen molar-refractivity contribution >= 4 is 0 Å². The van der Waals surface area contributed by atoms with Gasteiger partial charge in [0.1, 0.15) is 5.76 Å². The van der Waals surface area contributed by atoms with Crippen LogP contribution in [0.25, 0.3) is 0 Å². The predicted octanol–water partition coefficient (Wildman–Crippen LogP) is 1.61. The number of aryl methyl sites for hydroxylation is 1. The van der Waals surface area contributed by atoms with Crippen molar-refractivity contribution in [2.75, 3.05) is 20.1 Å². The fraction of sp³-hybridized carbons (Fsp3) is 0.636. The molecule has 1 aromatic heterocycles. The summed E-state index contributed by atoms with van der Waals surface area (Å²) in [7, 11) is 2.11. The molecule has 1 heterocycles. The third kappa shape index (κ3) is 3.16. The zero-order chi connectivity index (χ0) is 10.6. The molecule has 0 aliphatic rings. The standard InChI is InChI=1S/C11H20N2O/c1-9(6-12)7-13(3)8-11-4-5-14-10(11)2/h4-5,9H,6-8,12H2,1-3H3. The molecule has 0 amide bonds. The molecule has 80 valence electrons. The SMILES string of the molecule is Cc1occc1CN(C)CC(C)CN. The molecule has 1 atom stereocenters.